The Morgan fingerprint density at radius 2 is 1.85 bits per heavy atom. The Morgan fingerprint density at radius 3 is 2.35 bits per heavy atom. The highest BCUT2D eigenvalue weighted by atomic mass is 16.4. The molecule has 112 valence electrons. The number of carbonyl (C=O) groups excluding carboxylic acids is 1. The van der Waals surface area contributed by atoms with Gasteiger partial charge >= 0.3 is 0 Å². The number of hydrogen-bond donors (Lipinski definition) is 3. The summed E-state index contributed by atoms with van der Waals surface area (Å²) >= 11 is 0. The fourth-order valence-corrected chi connectivity index (χ4v) is 6.13. The van der Waals surface area contributed by atoms with Crippen LogP contribution in [0.2, 0.25) is 0 Å². The van der Waals surface area contributed by atoms with Gasteiger partial charge in [-0.2, -0.15) is 0 Å². The number of amides is 1. The molecule has 4 bridgehead atoms. The summed E-state index contributed by atoms with van der Waals surface area (Å²) in [4.78, 5) is 12.1. The summed E-state index contributed by atoms with van der Waals surface area (Å²) in [5.74, 6) is 0.601. The van der Waals surface area contributed by atoms with Gasteiger partial charge in [0.1, 0.15) is 5.84 Å². The van der Waals surface area contributed by atoms with Crippen LogP contribution in [0.3, 0.4) is 0 Å². The SMILES string of the molecule is CC12CC3CC(C)(C1)CC(NC(=O)CC(N)=NO)(C3)C2. The number of hydrogen-bond acceptors (Lipinski definition) is 3. The Bertz CT molecular complexity index is 456. The lowest BCUT2D eigenvalue weighted by atomic mass is 9.43. The molecule has 0 spiro atoms. The van der Waals surface area contributed by atoms with Gasteiger partial charge < -0.3 is 16.3 Å². The fourth-order valence-electron chi connectivity index (χ4n) is 6.13. The van der Waals surface area contributed by atoms with Gasteiger partial charge in [0.05, 0.1) is 6.42 Å². The monoisotopic (exact) mass is 279 g/mol. The minimum atomic E-state index is -0.116. The first-order valence-corrected chi connectivity index (χ1v) is 7.53. The molecular weight excluding hydrogens is 254 g/mol. The molecule has 4 rings (SSSR count). The van der Waals surface area contributed by atoms with Gasteiger partial charge in [0.15, 0.2) is 0 Å². The zero-order chi connectivity index (χ0) is 14.6. The van der Waals surface area contributed by atoms with Gasteiger partial charge in [0.2, 0.25) is 5.91 Å². The molecule has 0 radical (unpaired) electrons. The van der Waals surface area contributed by atoms with Gasteiger partial charge in [-0.1, -0.05) is 19.0 Å². The predicted molar refractivity (Wildman–Crippen MR) is 76.3 cm³/mol. The van der Waals surface area contributed by atoms with Gasteiger partial charge in [-0.15, -0.1) is 0 Å². The van der Waals surface area contributed by atoms with Crippen LogP contribution in [0.5, 0.6) is 0 Å². The third-order valence-corrected chi connectivity index (χ3v) is 5.50. The molecule has 1 amide bonds. The van der Waals surface area contributed by atoms with Crippen LogP contribution in [0.4, 0.5) is 0 Å². The molecule has 4 fully saturated rings. The summed E-state index contributed by atoms with van der Waals surface area (Å²) in [5.41, 5.74) is 6.12. The summed E-state index contributed by atoms with van der Waals surface area (Å²) in [5, 5.41) is 14.7. The summed E-state index contributed by atoms with van der Waals surface area (Å²) in [6.45, 7) is 4.75. The topological polar surface area (TPSA) is 87.7 Å². The Labute approximate surface area is 120 Å². The van der Waals surface area contributed by atoms with E-state index in [1.54, 1.807) is 0 Å². The van der Waals surface area contributed by atoms with Gasteiger partial charge in [0.25, 0.3) is 0 Å². The number of oxime groups is 1. The van der Waals surface area contributed by atoms with E-state index in [-0.39, 0.29) is 23.7 Å². The Morgan fingerprint density at radius 1 is 1.25 bits per heavy atom. The van der Waals surface area contributed by atoms with Gasteiger partial charge in [-0.25, -0.2) is 0 Å². The lowest BCUT2D eigenvalue weighted by Crippen LogP contribution is -2.65. The molecule has 4 N–H and O–H groups in total. The van der Waals surface area contributed by atoms with E-state index in [2.05, 4.69) is 24.3 Å². The first kappa shape index (κ1) is 13.7. The van der Waals surface area contributed by atoms with E-state index in [1.807, 2.05) is 0 Å². The molecule has 2 atom stereocenters. The minimum Gasteiger partial charge on any atom is -0.409 e. The Hall–Kier alpha value is -1.26. The predicted octanol–water partition coefficient (Wildman–Crippen LogP) is 1.99. The molecule has 0 aromatic carbocycles. The zero-order valence-corrected chi connectivity index (χ0v) is 12.4. The van der Waals surface area contributed by atoms with Gasteiger partial charge in [-0.05, 0) is 55.3 Å². The van der Waals surface area contributed by atoms with Crippen molar-refractivity contribution in [3.63, 3.8) is 0 Å². The highest BCUT2D eigenvalue weighted by Crippen LogP contribution is 2.66. The molecule has 4 saturated carbocycles. The average Bonchev–Trinajstić information content (AvgIpc) is 2.22. The maximum Gasteiger partial charge on any atom is 0.228 e. The van der Waals surface area contributed by atoms with E-state index in [0.29, 0.717) is 10.8 Å². The van der Waals surface area contributed by atoms with Crippen molar-refractivity contribution in [3.8, 4) is 0 Å². The standard InChI is InChI=1S/C15H25N3O2/c1-13-4-10-5-14(2,7-13)9-15(6-10,8-13)17-12(19)3-11(16)18-20/h10,20H,3-9H2,1-2H3,(H2,16,18)(H,17,19). The number of nitrogens with one attached hydrogen (secondary N) is 1. The second-order valence-corrected chi connectivity index (χ2v) is 8.23. The molecule has 0 aliphatic heterocycles. The first-order chi connectivity index (χ1) is 9.26. The van der Waals surface area contributed by atoms with Crippen molar-refractivity contribution in [3.05, 3.63) is 0 Å². The van der Waals surface area contributed by atoms with E-state index in [1.165, 1.54) is 19.3 Å². The van der Waals surface area contributed by atoms with Crippen LogP contribution in [-0.2, 0) is 4.79 Å². The van der Waals surface area contributed by atoms with Gasteiger partial charge in [-0.3, -0.25) is 4.79 Å². The van der Waals surface area contributed by atoms with Crippen molar-refractivity contribution in [2.75, 3.05) is 0 Å². The van der Waals surface area contributed by atoms with Crippen LogP contribution in [-0.4, -0.2) is 22.5 Å². The summed E-state index contributed by atoms with van der Waals surface area (Å²) in [7, 11) is 0. The number of nitrogens with zero attached hydrogens (tertiary/aromatic N) is 1. The molecule has 4 aliphatic carbocycles. The lowest BCUT2D eigenvalue weighted by Gasteiger charge is -2.65. The van der Waals surface area contributed by atoms with Crippen molar-refractivity contribution in [2.24, 2.45) is 27.6 Å². The molecule has 0 aromatic rings. The van der Waals surface area contributed by atoms with Crippen LogP contribution < -0.4 is 11.1 Å². The Balaban J connectivity index is 1.77. The number of rotatable bonds is 3. The van der Waals surface area contributed by atoms with Crippen molar-refractivity contribution < 1.29 is 10.0 Å². The van der Waals surface area contributed by atoms with Crippen molar-refractivity contribution in [2.45, 2.75) is 64.3 Å². The fraction of sp³-hybridized carbons (Fsp3) is 0.867. The van der Waals surface area contributed by atoms with Gasteiger partial charge in [0, 0.05) is 5.54 Å². The van der Waals surface area contributed by atoms with E-state index in [9.17, 15) is 4.79 Å². The van der Waals surface area contributed by atoms with Crippen molar-refractivity contribution in [1.29, 1.82) is 0 Å². The molecule has 20 heavy (non-hydrogen) atoms. The normalized spacial score (nSPS) is 46.5. The molecule has 5 heteroatoms. The number of amidine groups is 1. The average molecular weight is 279 g/mol. The molecule has 5 nitrogen and oxygen atoms in total. The third-order valence-electron chi connectivity index (χ3n) is 5.50. The number of carbonyl (C=O) groups is 1. The second-order valence-electron chi connectivity index (χ2n) is 8.23. The molecule has 4 aliphatic rings. The number of nitrogens with two attached hydrogens (primary N) is 1. The quantitative estimate of drug-likeness (QED) is 0.319. The van der Waals surface area contributed by atoms with E-state index in [0.717, 1.165) is 25.2 Å². The van der Waals surface area contributed by atoms with Crippen molar-refractivity contribution >= 4 is 11.7 Å². The molecule has 0 aromatic heterocycles. The van der Waals surface area contributed by atoms with E-state index >= 15 is 0 Å². The summed E-state index contributed by atoms with van der Waals surface area (Å²) in [6.07, 6.45) is 7.13. The molecule has 2 unspecified atom stereocenters. The lowest BCUT2D eigenvalue weighted by molar-refractivity contribution is -0.138. The van der Waals surface area contributed by atoms with Crippen LogP contribution >= 0.6 is 0 Å². The largest absolute Gasteiger partial charge is 0.409 e. The van der Waals surface area contributed by atoms with Crippen molar-refractivity contribution in [1.82, 2.24) is 5.32 Å². The maximum atomic E-state index is 12.1. The first-order valence-electron chi connectivity index (χ1n) is 7.53. The second kappa shape index (κ2) is 4.12. The van der Waals surface area contributed by atoms with Crippen LogP contribution in [0.15, 0.2) is 5.16 Å². The molecule has 0 heterocycles. The third kappa shape index (κ3) is 2.27. The van der Waals surface area contributed by atoms with E-state index < -0.39 is 0 Å². The van der Waals surface area contributed by atoms with Crippen LogP contribution in [0.1, 0.15) is 58.8 Å². The van der Waals surface area contributed by atoms with E-state index in [4.69, 9.17) is 10.9 Å². The maximum absolute atomic E-state index is 12.1. The molecular formula is C15H25N3O2. The summed E-state index contributed by atoms with van der Waals surface area (Å²) < 4.78 is 0. The minimum absolute atomic E-state index is 0.0175. The molecule has 0 saturated heterocycles. The highest BCUT2D eigenvalue weighted by Gasteiger charge is 2.60. The Kier molecular flexibility index (Phi) is 2.82. The van der Waals surface area contributed by atoms with Crippen LogP contribution in [0, 0.1) is 16.7 Å². The summed E-state index contributed by atoms with van der Waals surface area (Å²) in [6, 6.07) is 0. The highest BCUT2D eigenvalue weighted by molar-refractivity contribution is 5.98. The van der Waals surface area contributed by atoms with Crippen LogP contribution in [0.25, 0.3) is 0 Å². The zero-order valence-electron chi connectivity index (χ0n) is 12.4. The smallest absolute Gasteiger partial charge is 0.228 e.